The maximum absolute atomic E-state index is 10.7. The molecule has 1 rings (SSSR count). The summed E-state index contributed by atoms with van der Waals surface area (Å²) in [7, 11) is 0. The third-order valence-electron chi connectivity index (χ3n) is 1.35. The first kappa shape index (κ1) is 15.5. The Kier molecular flexibility index (Phi) is 8.23. The number of hydrogen-bond acceptors (Lipinski definition) is 3. The highest BCUT2D eigenvalue weighted by Gasteiger charge is 1.95. The van der Waals surface area contributed by atoms with Gasteiger partial charge in [0, 0.05) is 12.6 Å². The van der Waals surface area contributed by atoms with E-state index in [1.165, 1.54) is 6.92 Å². The van der Waals surface area contributed by atoms with Gasteiger partial charge in [-0.2, -0.15) is 0 Å². The van der Waals surface area contributed by atoms with Gasteiger partial charge < -0.3 is 10.7 Å². The lowest BCUT2D eigenvalue weighted by atomic mass is 10.3. The smallest absolute Gasteiger partial charge is 0.221 e. The van der Waals surface area contributed by atoms with Gasteiger partial charge in [0.15, 0.2) is 0 Å². The Balaban J connectivity index is 0. The summed E-state index contributed by atoms with van der Waals surface area (Å²) in [5.41, 5.74) is 3.99. The van der Waals surface area contributed by atoms with E-state index in [2.05, 4.69) is 10.7 Å². The van der Waals surface area contributed by atoms with Crippen LogP contribution in [0.4, 0.5) is 11.4 Å². The Bertz CT molecular complexity index is 294. The van der Waals surface area contributed by atoms with Crippen LogP contribution in [0, 0.1) is 0 Å². The SMILES string of the molecule is CC(=O)Nc1cccc(NN)c1.Cl.Cl. The van der Waals surface area contributed by atoms with Crippen LogP contribution >= 0.6 is 24.8 Å². The summed E-state index contributed by atoms with van der Waals surface area (Å²) in [5.74, 6) is 5.09. The second kappa shape index (κ2) is 7.44. The van der Waals surface area contributed by atoms with E-state index in [4.69, 9.17) is 5.84 Å². The van der Waals surface area contributed by atoms with Crippen molar-refractivity contribution >= 4 is 42.1 Å². The van der Waals surface area contributed by atoms with Gasteiger partial charge in [0.05, 0.1) is 5.69 Å². The van der Waals surface area contributed by atoms with Crippen molar-refractivity contribution in [1.29, 1.82) is 0 Å². The Labute approximate surface area is 95.0 Å². The van der Waals surface area contributed by atoms with Gasteiger partial charge in [-0.05, 0) is 18.2 Å². The normalized spacial score (nSPS) is 7.86. The average molecular weight is 238 g/mol. The first-order valence-electron chi connectivity index (χ1n) is 3.56. The molecular weight excluding hydrogens is 225 g/mol. The van der Waals surface area contributed by atoms with Crippen molar-refractivity contribution < 1.29 is 4.79 Å². The third kappa shape index (κ3) is 4.91. The predicted octanol–water partition coefficient (Wildman–Crippen LogP) is 1.77. The molecule has 4 nitrogen and oxygen atoms in total. The molecule has 0 spiro atoms. The molecule has 4 N–H and O–H groups in total. The summed E-state index contributed by atoms with van der Waals surface area (Å²) >= 11 is 0. The van der Waals surface area contributed by atoms with E-state index in [1.54, 1.807) is 18.2 Å². The fourth-order valence-electron chi connectivity index (χ4n) is 0.890. The Morgan fingerprint density at radius 1 is 1.29 bits per heavy atom. The molecule has 0 saturated heterocycles. The second-order valence-corrected chi connectivity index (χ2v) is 2.41. The topological polar surface area (TPSA) is 67.2 Å². The van der Waals surface area contributed by atoms with Crippen molar-refractivity contribution in [3.05, 3.63) is 24.3 Å². The van der Waals surface area contributed by atoms with Gasteiger partial charge in [-0.15, -0.1) is 24.8 Å². The van der Waals surface area contributed by atoms with Crippen LogP contribution < -0.4 is 16.6 Å². The Morgan fingerprint density at radius 2 is 1.86 bits per heavy atom. The van der Waals surface area contributed by atoms with Crippen molar-refractivity contribution in [2.45, 2.75) is 6.92 Å². The summed E-state index contributed by atoms with van der Waals surface area (Å²) in [4.78, 5) is 10.7. The standard InChI is InChI=1S/C8H11N3O.2ClH/c1-6(12)10-7-3-2-4-8(5-7)11-9;;/h2-5,11H,9H2,1H3,(H,10,12);2*1H. The number of anilines is 2. The zero-order valence-electron chi connectivity index (χ0n) is 7.61. The van der Waals surface area contributed by atoms with E-state index in [-0.39, 0.29) is 30.7 Å². The number of amides is 1. The van der Waals surface area contributed by atoms with Gasteiger partial charge >= 0.3 is 0 Å². The van der Waals surface area contributed by atoms with Crippen LogP contribution in [0.3, 0.4) is 0 Å². The number of halogens is 2. The molecule has 0 saturated carbocycles. The van der Waals surface area contributed by atoms with Crippen LogP contribution in [0.25, 0.3) is 0 Å². The minimum absolute atomic E-state index is 0. The van der Waals surface area contributed by atoms with E-state index < -0.39 is 0 Å². The number of rotatable bonds is 2. The largest absolute Gasteiger partial charge is 0.326 e. The highest BCUT2D eigenvalue weighted by molar-refractivity contribution is 5.89. The molecule has 0 aliphatic heterocycles. The number of nitrogens with two attached hydrogens (primary N) is 1. The van der Waals surface area contributed by atoms with Crippen LogP contribution in [0.1, 0.15) is 6.92 Å². The molecule has 0 aliphatic carbocycles. The van der Waals surface area contributed by atoms with Crippen LogP contribution in [-0.4, -0.2) is 5.91 Å². The molecule has 0 unspecified atom stereocenters. The van der Waals surface area contributed by atoms with Gasteiger partial charge in [-0.1, -0.05) is 6.07 Å². The van der Waals surface area contributed by atoms with Crippen molar-refractivity contribution in [3.63, 3.8) is 0 Å². The maximum Gasteiger partial charge on any atom is 0.221 e. The van der Waals surface area contributed by atoms with Gasteiger partial charge in [0.1, 0.15) is 0 Å². The monoisotopic (exact) mass is 237 g/mol. The quantitative estimate of drug-likeness (QED) is 0.543. The highest BCUT2D eigenvalue weighted by Crippen LogP contribution is 2.13. The summed E-state index contributed by atoms with van der Waals surface area (Å²) in [6.07, 6.45) is 0. The second-order valence-electron chi connectivity index (χ2n) is 2.41. The number of carbonyl (C=O) groups excluding carboxylic acids is 1. The first-order valence-corrected chi connectivity index (χ1v) is 3.56. The molecule has 6 heteroatoms. The van der Waals surface area contributed by atoms with Crippen molar-refractivity contribution in [2.75, 3.05) is 10.7 Å². The average Bonchev–Trinajstić information content (AvgIpc) is 2.03. The number of nitrogen functional groups attached to an aromatic ring is 1. The maximum atomic E-state index is 10.7. The molecular formula is C8H13Cl2N3O. The van der Waals surface area contributed by atoms with Crippen molar-refractivity contribution in [2.24, 2.45) is 5.84 Å². The fourth-order valence-corrected chi connectivity index (χ4v) is 0.890. The summed E-state index contributed by atoms with van der Waals surface area (Å²) in [5, 5.41) is 2.64. The van der Waals surface area contributed by atoms with E-state index in [0.717, 1.165) is 11.4 Å². The van der Waals surface area contributed by atoms with Gasteiger partial charge in [-0.3, -0.25) is 10.6 Å². The minimum Gasteiger partial charge on any atom is -0.326 e. The molecule has 0 atom stereocenters. The molecule has 0 bridgehead atoms. The van der Waals surface area contributed by atoms with Crippen LogP contribution in [-0.2, 0) is 4.79 Å². The minimum atomic E-state index is -0.0934. The lowest BCUT2D eigenvalue weighted by molar-refractivity contribution is -0.114. The van der Waals surface area contributed by atoms with E-state index in [9.17, 15) is 4.79 Å². The fraction of sp³-hybridized carbons (Fsp3) is 0.125. The van der Waals surface area contributed by atoms with E-state index in [0.29, 0.717) is 0 Å². The molecule has 0 radical (unpaired) electrons. The third-order valence-corrected chi connectivity index (χ3v) is 1.35. The van der Waals surface area contributed by atoms with E-state index >= 15 is 0 Å². The van der Waals surface area contributed by atoms with Gasteiger partial charge in [0.25, 0.3) is 0 Å². The first-order chi connectivity index (χ1) is 5.72. The predicted molar refractivity (Wildman–Crippen MR) is 63.1 cm³/mol. The van der Waals surface area contributed by atoms with Crippen molar-refractivity contribution in [1.82, 2.24) is 0 Å². The number of carbonyl (C=O) groups is 1. The zero-order valence-corrected chi connectivity index (χ0v) is 9.24. The molecule has 1 aromatic carbocycles. The highest BCUT2D eigenvalue weighted by atomic mass is 35.5. The van der Waals surface area contributed by atoms with Crippen LogP contribution in [0.5, 0.6) is 0 Å². The molecule has 0 aromatic heterocycles. The number of hydrogen-bond donors (Lipinski definition) is 3. The molecule has 1 aromatic rings. The molecule has 0 fully saturated rings. The molecule has 80 valence electrons. The molecule has 0 heterocycles. The Hall–Kier alpha value is -0.970. The lowest BCUT2D eigenvalue weighted by Crippen LogP contribution is -2.09. The summed E-state index contributed by atoms with van der Waals surface area (Å²) in [6.45, 7) is 1.46. The van der Waals surface area contributed by atoms with Gasteiger partial charge in [0.2, 0.25) is 5.91 Å². The van der Waals surface area contributed by atoms with E-state index in [1.807, 2.05) is 6.07 Å². The lowest BCUT2D eigenvalue weighted by Gasteiger charge is -2.03. The summed E-state index contributed by atoms with van der Waals surface area (Å²) < 4.78 is 0. The molecule has 14 heavy (non-hydrogen) atoms. The van der Waals surface area contributed by atoms with Crippen molar-refractivity contribution in [3.8, 4) is 0 Å². The Morgan fingerprint density at radius 3 is 2.36 bits per heavy atom. The van der Waals surface area contributed by atoms with Crippen LogP contribution in [0.2, 0.25) is 0 Å². The zero-order chi connectivity index (χ0) is 8.97. The molecule has 1 amide bonds. The number of hydrazine groups is 1. The number of benzene rings is 1. The van der Waals surface area contributed by atoms with Crippen LogP contribution in [0.15, 0.2) is 24.3 Å². The number of nitrogens with one attached hydrogen (secondary N) is 2. The summed E-state index contributed by atoms with van der Waals surface area (Å²) in [6, 6.07) is 7.16. The molecule has 0 aliphatic rings. The van der Waals surface area contributed by atoms with Gasteiger partial charge in [-0.25, -0.2) is 0 Å².